The molecule has 0 radical (unpaired) electrons. The van der Waals surface area contributed by atoms with Gasteiger partial charge in [-0.15, -0.1) is 0 Å². The number of para-hydroxylation sites is 1. The second-order valence-electron chi connectivity index (χ2n) is 6.81. The maximum Gasteiger partial charge on any atom is 0.137 e. The van der Waals surface area contributed by atoms with E-state index in [9.17, 15) is 9.90 Å². The minimum atomic E-state index is -0.321. The number of carbonyl (C=O) groups excluding carboxylic acids is 1. The molecule has 2 aromatic carbocycles. The Kier molecular flexibility index (Phi) is 6.09. The van der Waals surface area contributed by atoms with Crippen LogP contribution in [0, 0.1) is 0 Å². The molecule has 0 fully saturated rings. The first-order chi connectivity index (χ1) is 11.7. The lowest BCUT2D eigenvalue weighted by molar-refractivity contribution is -0.118. The van der Waals surface area contributed by atoms with Crippen LogP contribution in [0.25, 0.3) is 0 Å². The van der Waals surface area contributed by atoms with Crippen LogP contribution >= 0.6 is 22.6 Å². The highest BCUT2D eigenvalue weighted by atomic mass is 127. The highest BCUT2D eigenvalue weighted by molar-refractivity contribution is 14.1. The maximum atomic E-state index is 12.6. The number of Topliss-reactive ketones (excluding diaryl/α,β-unsaturated/α-hetero) is 1. The third kappa shape index (κ3) is 3.97. The fraction of sp³-hybridized carbons (Fsp3) is 0.318. The van der Waals surface area contributed by atoms with E-state index in [1.807, 2.05) is 44.2 Å². The largest absolute Gasteiger partial charge is 0.508 e. The summed E-state index contributed by atoms with van der Waals surface area (Å²) < 4.78 is -0.263. The molecule has 2 rings (SSSR count). The first-order valence-electron chi connectivity index (χ1n) is 8.40. The Labute approximate surface area is 164 Å². The summed E-state index contributed by atoms with van der Waals surface area (Å²) >= 11 is 2.40. The van der Waals surface area contributed by atoms with Gasteiger partial charge in [-0.25, -0.2) is 0 Å². The van der Waals surface area contributed by atoms with Gasteiger partial charge in [0.2, 0.25) is 0 Å². The molecule has 0 aliphatic carbocycles. The fourth-order valence-corrected chi connectivity index (χ4v) is 3.81. The average Bonchev–Trinajstić information content (AvgIpc) is 2.55. The molecule has 25 heavy (non-hydrogen) atoms. The Balaban J connectivity index is 2.62. The molecule has 0 spiro atoms. The fourth-order valence-electron chi connectivity index (χ4n) is 3.32. The van der Waals surface area contributed by atoms with Crippen LogP contribution in [-0.2, 0) is 8.22 Å². The molecule has 0 aliphatic heterocycles. The van der Waals surface area contributed by atoms with Crippen LogP contribution in [0.1, 0.15) is 56.2 Å². The van der Waals surface area contributed by atoms with Crippen LogP contribution in [0.5, 0.6) is 5.75 Å². The van der Waals surface area contributed by atoms with Crippen molar-refractivity contribution in [2.45, 2.75) is 43.0 Å². The minimum Gasteiger partial charge on any atom is -0.508 e. The van der Waals surface area contributed by atoms with E-state index in [0.717, 1.165) is 22.3 Å². The van der Waals surface area contributed by atoms with Gasteiger partial charge >= 0.3 is 0 Å². The highest BCUT2D eigenvalue weighted by Crippen LogP contribution is 2.45. The van der Waals surface area contributed by atoms with E-state index in [-0.39, 0.29) is 26.8 Å². The molecule has 2 unspecified atom stereocenters. The first kappa shape index (κ1) is 19.7. The van der Waals surface area contributed by atoms with Crippen molar-refractivity contribution in [1.29, 1.82) is 0 Å². The number of aromatic hydroxyl groups is 1. The second-order valence-corrected chi connectivity index (χ2v) is 8.96. The molecule has 0 heterocycles. The number of allylic oxidation sites excluding steroid dienone is 1. The summed E-state index contributed by atoms with van der Waals surface area (Å²) in [6.07, 6.45) is 0. The summed E-state index contributed by atoms with van der Waals surface area (Å²) in [7, 11) is 0. The molecule has 1 N–H and O–H groups in total. The number of ketones is 1. The molecular weight excluding hydrogens is 423 g/mol. The van der Waals surface area contributed by atoms with Crippen LogP contribution in [0.15, 0.2) is 60.7 Å². The van der Waals surface area contributed by atoms with Crippen molar-refractivity contribution in [2.24, 2.45) is 0 Å². The molecule has 0 amide bonds. The van der Waals surface area contributed by atoms with Gasteiger partial charge in [0, 0.05) is 5.92 Å². The number of hydrogen-bond acceptors (Lipinski definition) is 2. The molecule has 2 aromatic rings. The zero-order valence-corrected chi connectivity index (χ0v) is 17.4. The monoisotopic (exact) mass is 448 g/mol. The molecule has 2 nitrogen and oxygen atoms in total. The Morgan fingerprint density at radius 3 is 2.12 bits per heavy atom. The van der Waals surface area contributed by atoms with Gasteiger partial charge in [0.1, 0.15) is 11.5 Å². The summed E-state index contributed by atoms with van der Waals surface area (Å²) in [5.41, 5.74) is 3.94. The first-order valence-corrected chi connectivity index (χ1v) is 9.48. The topological polar surface area (TPSA) is 37.3 Å². The van der Waals surface area contributed by atoms with Gasteiger partial charge in [-0.2, -0.15) is 0 Å². The van der Waals surface area contributed by atoms with Crippen molar-refractivity contribution in [3.8, 4) is 5.75 Å². The Morgan fingerprint density at radius 2 is 1.60 bits per heavy atom. The molecule has 3 heteroatoms. The van der Waals surface area contributed by atoms with E-state index in [0.29, 0.717) is 0 Å². The second kappa shape index (κ2) is 7.73. The number of halogens is 1. The van der Waals surface area contributed by atoms with Crippen LogP contribution in [0.4, 0.5) is 0 Å². The predicted molar refractivity (Wildman–Crippen MR) is 113 cm³/mol. The zero-order valence-electron chi connectivity index (χ0n) is 15.2. The predicted octanol–water partition coefficient (Wildman–Crippen LogP) is 6.09. The number of benzene rings is 2. The zero-order chi connectivity index (χ0) is 18.8. The molecular formula is C22H25IO2. The van der Waals surface area contributed by atoms with Crippen molar-refractivity contribution in [3.05, 3.63) is 77.4 Å². The normalized spacial score (nSPS) is 15.9. The summed E-state index contributed by atoms with van der Waals surface area (Å²) in [5.74, 6) is -0.122. The van der Waals surface area contributed by atoms with Crippen molar-refractivity contribution < 1.29 is 9.90 Å². The quantitative estimate of drug-likeness (QED) is 0.330. The van der Waals surface area contributed by atoms with Crippen LogP contribution in [-0.4, -0.2) is 10.9 Å². The average molecular weight is 448 g/mol. The van der Waals surface area contributed by atoms with Gasteiger partial charge in [-0.05, 0) is 49.4 Å². The summed E-state index contributed by atoms with van der Waals surface area (Å²) in [5, 5.41) is 10.2. The number of carbonyl (C=O) groups is 1. The van der Waals surface area contributed by atoms with Crippen molar-refractivity contribution in [3.63, 3.8) is 0 Å². The van der Waals surface area contributed by atoms with Crippen LogP contribution in [0.3, 0.4) is 0 Å². The number of alkyl halides is 1. The molecule has 3 atom stereocenters. The Morgan fingerprint density at radius 1 is 1.08 bits per heavy atom. The van der Waals surface area contributed by atoms with E-state index in [4.69, 9.17) is 0 Å². The van der Waals surface area contributed by atoms with E-state index >= 15 is 0 Å². The van der Waals surface area contributed by atoms with Gasteiger partial charge in [0.25, 0.3) is 0 Å². The van der Waals surface area contributed by atoms with Gasteiger partial charge < -0.3 is 5.11 Å². The van der Waals surface area contributed by atoms with Gasteiger partial charge in [-0.3, -0.25) is 4.79 Å². The lowest BCUT2D eigenvalue weighted by Crippen LogP contribution is -2.23. The summed E-state index contributed by atoms with van der Waals surface area (Å²) in [6, 6.07) is 15.3. The Hall–Kier alpha value is -1.62. The van der Waals surface area contributed by atoms with E-state index < -0.39 is 0 Å². The van der Waals surface area contributed by atoms with Crippen molar-refractivity contribution >= 4 is 28.4 Å². The number of phenolic OH excluding ortho intramolecular Hbond substituents is 1. The van der Waals surface area contributed by atoms with E-state index in [1.54, 1.807) is 19.1 Å². The molecule has 132 valence electrons. The maximum absolute atomic E-state index is 12.6. The third-order valence-electron chi connectivity index (χ3n) is 4.97. The Bertz CT molecular complexity index is 792. The smallest absolute Gasteiger partial charge is 0.137 e. The number of rotatable bonds is 6. The summed E-state index contributed by atoms with van der Waals surface area (Å²) in [6.45, 7) is 11.9. The molecule has 0 aromatic heterocycles. The molecule has 0 saturated heterocycles. The van der Waals surface area contributed by atoms with Crippen LogP contribution in [0.2, 0.25) is 0 Å². The third-order valence-corrected chi connectivity index (χ3v) is 6.47. The highest BCUT2D eigenvalue weighted by Gasteiger charge is 2.33. The van der Waals surface area contributed by atoms with Crippen molar-refractivity contribution in [2.75, 3.05) is 0 Å². The van der Waals surface area contributed by atoms with Crippen molar-refractivity contribution in [1.82, 2.24) is 0 Å². The lowest BCUT2D eigenvalue weighted by Gasteiger charge is -2.31. The number of hydrogen-bond donors (Lipinski definition) is 1. The summed E-state index contributed by atoms with van der Waals surface area (Å²) in [4.78, 5) is 12.6. The van der Waals surface area contributed by atoms with Crippen LogP contribution < -0.4 is 0 Å². The standard InChI is InChI=1S/C22H25IO2/c1-14(2)22(5,23)19-12-8-6-11-18(19)21(16(4)24)15(3)17-10-7-9-13-20(17)25/h6-13,15,21,25H,1H2,2-5H3/t15?,21?,22-/m1/s1. The van der Waals surface area contributed by atoms with Gasteiger partial charge in [0.15, 0.2) is 0 Å². The van der Waals surface area contributed by atoms with E-state index in [1.165, 1.54) is 0 Å². The minimum absolute atomic E-state index is 0.0946. The molecule has 0 aliphatic rings. The van der Waals surface area contributed by atoms with E-state index in [2.05, 4.69) is 42.2 Å². The number of phenols is 1. The lowest BCUT2D eigenvalue weighted by atomic mass is 9.76. The molecule has 0 saturated carbocycles. The van der Waals surface area contributed by atoms with Gasteiger partial charge in [-0.1, -0.05) is 84.1 Å². The van der Waals surface area contributed by atoms with Gasteiger partial charge in [0.05, 0.1) is 3.42 Å². The SMILES string of the molecule is C=C(C)[C@@](C)(I)c1ccccc1C(C(C)=O)C(C)c1ccccc1O. The molecule has 0 bridgehead atoms.